The lowest BCUT2D eigenvalue weighted by atomic mass is 9.94. The third-order valence-electron chi connectivity index (χ3n) is 5.89. The molecular weight excluding hydrogens is 402 g/mol. The van der Waals surface area contributed by atoms with Crippen molar-refractivity contribution in [1.82, 2.24) is 15.2 Å². The summed E-state index contributed by atoms with van der Waals surface area (Å²) < 4.78 is 5.53. The van der Waals surface area contributed by atoms with Gasteiger partial charge in [0.05, 0.1) is 18.8 Å². The van der Waals surface area contributed by atoms with Crippen molar-refractivity contribution in [3.05, 3.63) is 95.8 Å². The van der Waals surface area contributed by atoms with Crippen LogP contribution in [0.1, 0.15) is 40.5 Å². The molecule has 6 heteroatoms. The third-order valence-corrected chi connectivity index (χ3v) is 5.89. The predicted molar refractivity (Wildman–Crippen MR) is 122 cm³/mol. The summed E-state index contributed by atoms with van der Waals surface area (Å²) in [5.74, 6) is 0.533. The van der Waals surface area contributed by atoms with Gasteiger partial charge in [0.15, 0.2) is 0 Å². The highest BCUT2D eigenvalue weighted by Gasteiger charge is 2.30. The van der Waals surface area contributed by atoms with Crippen molar-refractivity contribution in [1.29, 1.82) is 0 Å². The molecule has 0 saturated carbocycles. The molecule has 6 nitrogen and oxygen atoms in total. The lowest BCUT2D eigenvalue weighted by Gasteiger charge is -2.32. The Labute approximate surface area is 188 Å². The number of carbonyl (C=O) groups excluding carboxylic acids is 2. The topological polar surface area (TPSA) is 71.5 Å². The number of nitrogens with zero attached hydrogens (tertiary/aromatic N) is 2. The van der Waals surface area contributed by atoms with Crippen LogP contribution in [0.2, 0.25) is 0 Å². The van der Waals surface area contributed by atoms with E-state index in [0.29, 0.717) is 37.2 Å². The SMILES string of the molecule is COc1ccccc1C(NC(=O)C1CCN(C(=O)c2ccccc2)CC1)c1ccccn1. The smallest absolute Gasteiger partial charge is 0.253 e. The molecule has 4 rings (SSSR count). The van der Waals surface area contributed by atoms with Crippen LogP contribution in [0, 0.1) is 5.92 Å². The van der Waals surface area contributed by atoms with Crippen LogP contribution in [-0.4, -0.2) is 41.9 Å². The first kappa shape index (κ1) is 21.6. The first-order chi connectivity index (χ1) is 15.7. The fraction of sp³-hybridized carbons (Fsp3) is 0.269. The molecule has 0 radical (unpaired) electrons. The van der Waals surface area contributed by atoms with Crippen molar-refractivity contribution in [3.63, 3.8) is 0 Å². The Morgan fingerprint density at radius 3 is 2.34 bits per heavy atom. The quantitative estimate of drug-likeness (QED) is 0.646. The number of likely N-dealkylation sites (tertiary alicyclic amines) is 1. The average Bonchev–Trinajstić information content (AvgIpc) is 2.88. The van der Waals surface area contributed by atoms with Crippen molar-refractivity contribution >= 4 is 11.8 Å². The molecule has 0 aliphatic carbocycles. The van der Waals surface area contributed by atoms with Gasteiger partial charge in [-0.1, -0.05) is 42.5 Å². The summed E-state index contributed by atoms with van der Waals surface area (Å²) in [4.78, 5) is 32.2. The van der Waals surface area contributed by atoms with Crippen LogP contribution in [0.25, 0.3) is 0 Å². The highest BCUT2D eigenvalue weighted by molar-refractivity contribution is 5.94. The summed E-state index contributed by atoms with van der Waals surface area (Å²) >= 11 is 0. The molecule has 32 heavy (non-hydrogen) atoms. The second-order valence-electron chi connectivity index (χ2n) is 7.87. The van der Waals surface area contributed by atoms with E-state index in [1.807, 2.05) is 77.7 Å². The normalized spacial score (nSPS) is 15.1. The number of methoxy groups -OCH3 is 1. The minimum atomic E-state index is -0.413. The van der Waals surface area contributed by atoms with Gasteiger partial charge in [-0.3, -0.25) is 14.6 Å². The van der Waals surface area contributed by atoms with Gasteiger partial charge in [0.1, 0.15) is 5.75 Å². The lowest BCUT2D eigenvalue weighted by molar-refractivity contribution is -0.126. The van der Waals surface area contributed by atoms with E-state index in [0.717, 1.165) is 11.3 Å². The predicted octanol–water partition coefficient (Wildman–Crippen LogP) is 3.85. The van der Waals surface area contributed by atoms with Crippen LogP contribution >= 0.6 is 0 Å². The Kier molecular flexibility index (Phi) is 6.80. The molecule has 1 N–H and O–H groups in total. The number of aromatic nitrogens is 1. The number of benzene rings is 2. The summed E-state index contributed by atoms with van der Waals surface area (Å²) in [5.41, 5.74) is 2.29. The third kappa shape index (κ3) is 4.80. The zero-order valence-corrected chi connectivity index (χ0v) is 18.1. The molecule has 2 aromatic carbocycles. The van der Waals surface area contributed by atoms with E-state index >= 15 is 0 Å². The Hall–Kier alpha value is -3.67. The molecule has 1 unspecified atom stereocenters. The number of piperidine rings is 1. The van der Waals surface area contributed by atoms with Gasteiger partial charge >= 0.3 is 0 Å². The molecular formula is C26H27N3O3. The number of para-hydroxylation sites is 1. The number of hydrogen-bond donors (Lipinski definition) is 1. The van der Waals surface area contributed by atoms with Crippen LogP contribution in [0.15, 0.2) is 79.0 Å². The Balaban J connectivity index is 1.46. The summed E-state index contributed by atoms with van der Waals surface area (Å²) in [6, 6.07) is 22.2. The van der Waals surface area contributed by atoms with E-state index in [2.05, 4.69) is 10.3 Å². The van der Waals surface area contributed by atoms with Crippen LogP contribution in [0.5, 0.6) is 5.75 Å². The second-order valence-corrected chi connectivity index (χ2v) is 7.87. The molecule has 1 aromatic heterocycles. The van der Waals surface area contributed by atoms with Crippen molar-refractivity contribution in [2.45, 2.75) is 18.9 Å². The van der Waals surface area contributed by atoms with E-state index in [4.69, 9.17) is 4.74 Å². The highest BCUT2D eigenvalue weighted by Crippen LogP contribution is 2.30. The van der Waals surface area contributed by atoms with E-state index in [-0.39, 0.29) is 17.7 Å². The first-order valence-corrected chi connectivity index (χ1v) is 10.9. The van der Waals surface area contributed by atoms with E-state index in [1.54, 1.807) is 13.3 Å². The molecule has 1 aliphatic heterocycles. The molecule has 2 amide bonds. The number of pyridine rings is 1. The zero-order valence-electron chi connectivity index (χ0n) is 18.1. The van der Waals surface area contributed by atoms with Crippen LogP contribution in [0.3, 0.4) is 0 Å². The number of hydrogen-bond acceptors (Lipinski definition) is 4. The molecule has 3 aromatic rings. The van der Waals surface area contributed by atoms with Gasteiger partial charge in [-0.2, -0.15) is 0 Å². The van der Waals surface area contributed by atoms with E-state index in [9.17, 15) is 9.59 Å². The summed E-state index contributed by atoms with van der Waals surface area (Å²) in [6.07, 6.45) is 2.98. The fourth-order valence-corrected chi connectivity index (χ4v) is 4.13. The largest absolute Gasteiger partial charge is 0.496 e. The standard InChI is InChI=1S/C26H27N3O3/c1-32-23-13-6-5-11-21(23)24(22-12-7-8-16-27-22)28-25(30)19-14-17-29(18-15-19)26(31)20-9-3-2-4-10-20/h2-13,16,19,24H,14-15,17-18H2,1H3,(H,28,30). The molecule has 164 valence electrons. The maximum absolute atomic E-state index is 13.2. The first-order valence-electron chi connectivity index (χ1n) is 10.9. The monoisotopic (exact) mass is 429 g/mol. The van der Waals surface area contributed by atoms with Gasteiger partial charge in [0.25, 0.3) is 5.91 Å². The van der Waals surface area contributed by atoms with Crippen molar-refractivity contribution in [2.75, 3.05) is 20.2 Å². The average molecular weight is 430 g/mol. The minimum absolute atomic E-state index is 0.0184. The van der Waals surface area contributed by atoms with Crippen LogP contribution in [0.4, 0.5) is 0 Å². The Morgan fingerprint density at radius 1 is 0.969 bits per heavy atom. The summed E-state index contributed by atoms with van der Waals surface area (Å²) in [6.45, 7) is 1.13. The van der Waals surface area contributed by atoms with Crippen molar-refractivity contribution in [2.24, 2.45) is 5.92 Å². The van der Waals surface area contributed by atoms with Gasteiger partial charge in [-0.25, -0.2) is 0 Å². The van der Waals surface area contributed by atoms with Crippen LogP contribution < -0.4 is 10.1 Å². The Morgan fingerprint density at radius 2 is 1.66 bits per heavy atom. The summed E-state index contributed by atoms with van der Waals surface area (Å²) in [5, 5.41) is 3.18. The van der Waals surface area contributed by atoms with E-state index in [1.165, 1.54) is 0 Å². The van der Waals surface area contributed by atoms with Gasteiger partial charge in [0, 0.05) is 36.3 Å². The van der Waals surface area contributed by atoms with Gasteiger partial charge < -0.3 is 15.0 Å². The highest BCUT2D eigenvalue weighted by atomic mass is 16.5. The maximum Gasteiger partial charge on any atom is 0.253 e. The Bertz CT molecular complexity index is 1050. The maximum atomic E-state index is 13.2. The number of carbonyl (C=O) groups is 2. The molecule has 1 saturated heterocycles. The van der Waals surface area contributed by atoms with Crippen molar-refractivity contribution in [3.8, 4) is 5.75 Å². The van der Waals surface area contributed by atoms with Crippen molar-refractivity contribution < 1.29 is 14.3 Å². The minimum Gasteiger partial charge on any atom is -0.496 e. The van der Waals surface area contributed by atoms with Gasteiger partial charge in [0.2, 0.25) is 5.91 Å². The molecule has 1 aliphatic rings. The van der Waals surface area contributed by atoms with Gasteiger partial charge in [-0.15, -0.1) is 0 Å². The molecule has 2 heterocycles. The number of ether oxygens (including phenoxy) is 1. The zero-order chi connectivity index (χ0) is 22.3. The molecule has 1 atom stereocenters. The number of amides is 2. The number of nitrogens with one attached hydrogen (secondary N) is 1. The second kappa shape index (κ2) is 10.1. The molecule has 1 fully saturated rings. The van der Waals surface area contributed by atoms with Crippen LogP contribution in [-0.2, 0) is 4.79 Å². The van der Waals surface area contributed by atoms with Gasteiger partial charge in [-0.05, 0) is 43.2 Å². The number of rotatable bonds is 6. The summed E-state index contributed by atoms with van der Waals surface area (Å²) in [7, 11) is 1.62. The molecule has 0 spiro atoms. The lowest BCUT2D eigenvalue weighted by Crippen LogP contribution is -2.44. The van der Waals surface area contributed by atoms with E-state index < -0.39 is 6.04 Å². The fourth-order valence-electron chi connectivity index (χ4n) is 4.13. The molecule has 0 bridgehead atoms.